The molecule has 0 radical (unpaired) electrons. The fourth-order valence-corrected chi connectivity index (χ4v) is 2.14. The van der Waals surface area contributed by atoms with Gasteiger partial charge in [-0.15, -0.1) is 0 Å². The molecule has 0 aliphatic heterocycles. The molecular formula is C10H18O3. The summed E-state index contributed by atoms with van der Waals surface area (Å²) >= 11 is 0. The van der Waals surface area contributed by atoms with Crippen molar-refractivity contribution in [1.82, 2.24) is 0 Å². The molecule has 1 rings (SSSR count). The predicted molar refractivity (Wildman–Crippen MR) is 49.4 cm³/mol. The summed E-state index contributed by atoms with van der Waals surface area (Å²) in [6, 6.07) is 0. The van der Waals surface area contributed by atoms with Gasteiger partial charge in [0.1, 0.15) is 0 Å². The van der Waals surface area contributed by atoms with Crippen LogP contribution in [0.3, 0.4) is 0 Å². The fraction of sp³-hybridized carbons (Fsp3) is 0.900. The van der Waals surface area contributed by atoms with E-state index in [0.29, 0.717) is 12.8 Å². The van der Waals surface area contributed by atoms with E-state index in [1.807, 2.05) is 13.8 Å². The molecule has 3 heteroatoms. The summed E-state index contributed by atoms with van der Waals surface area (Å²) in [5.74, 6) is -1.23. The third kappa shape index (κ3) is 1.85. The molecule has 0 aromatic carbocycles. The van der Waals surface area contributed by atoms with Crippen molar-refractivity contribution < 1.29 is 15.0 Å². The van der Waals surface area contributed by atoms with Crippen LogP contribution in [0.4, 0.5) is 0 Å². The van der Waals surface area contributed by atoms with E-state index in [1.165, 1.54) is 0 Å². The van der Waals surface area contributed by atoms with Gasteiger partial charge in [-0.05, 0) is 31.6 Å². The van der Waals surface area contributed by atoms with Crippen LogP contribution in [0.1, 0.15) is 39.5 Å². The minimum absolute atomic E-state index is 0.221. The van der Waals surface area contributed by atoms with Crippen molar-refractivity contribution >= 4 is 5.97 Å². The third-order valence-electron chi connectivity index (χ3n) is 3.16. The van der Waals surface area contributed by atoms with Crippen molar-refractivity contribution in [3.63, 3.8) is 0 Å². The summed E-state index contributed by atoms with van der Waals surface area (Å²) < 4.78 is 0. The molecule has 0 aromatic heterocycles. The molecule has 1 fully saturated rings. The molecule has 1 aliphatic rings. The molecule has 76 valence electrons. The second kappa shape index (κ2) is 3.66. The maximum atomic E-state index is 10.9. The van der Waals surface area contributed by atoms with Crippen molar-refractivity contribution in [2.24, 2.45) is 11.8 Å². The molecule has 1 saturated carbocycles. The number of hydrogen-bond acceptors (Lipinski definition) is 2. The summed E-state index contributed by atoms with van der Waals surface area (Å²) in [7, 11) is 0. The van der Waals surface area contributed by atoms with Crippen molar-refractivity contribution in [2.75, 3.05) is 0 Å². The van der Waals surface area contributed by atoms with E-state index in [2.05, 4.69) is 0 Å². The van der Waals surface area contributed by atoms with Crippen LogP contribution in [0.5, 0.6) is 0 Å². The van der Waals surface area contributed by atoms with Gasteiger partial charge in [0, 0.05) is 0 Å². The highest BCUT2D eigenvalue weighted by Gasteiger charge is 2.49. The van der Waals surface area contributed by atoms with Crippen LogP contribution in [0.15, 0.2) is 0 Å². The molecule has 0 saturated heterocycles. The zero-order valence-electron chi connectivity index (χ0n) is 8.29. The second-order valence-corrected chi connectivity index (χ2v) is 3.92. The Morgan fingerprint density at radius 3 is 2.31 bits per heavy atom. The molecule has 13 heavy (non-hydrogen) atoms. The van der Waals surface area contributed by atoms with Gasteiger partial charge in [0.15, 0.2) is 0 Å². The van der Waals surface area contributed by atoms with Crippen molar-refractivity contribution in [2.45, 2.75) is 45.1 Å². The first kappa shape index (κ1) is 10.5. The van der Waals surface area contributed by atoms with E-state index in [1.54, 1.807) is 0 Å². The highest BCUT2D eigenvalue weighted by atomic mass is 16.4. The van der Waals surface area contributed by atoms with Gasteiger partial charge in [0.25, 0.3) is 0 Å². The minimum atomic E-state index is -0.958. The topological polar surface area (TPSA) is 57.5 Å². The molecule has 3 nitrogen and oxygen atoms in total. The summed E-state index contributed by atoms with van der Waals surface area (Å²) in [5.41, 5.74) is -0.958. The number of aliphatic hydroxyl groups is 1. The summed E-state index contributed by atoms with van der Waals surface area (Å²) in [6.07, 6.45) is 3.01. The van der Waals surface area contributed by atoms with Crippen LogP contribution in [0.2, 0.25) is 0 Å². The van der Waals surface area contributed by atoms with Gasteiger partial charge >= 0.3 is 5.97 Å². The largest absolute Gasteiger partial charge is 0.481 e. The average molecular weight is 186 g/mol. The molecule has 2 atom stereocenters. The molecule has 0 heterocycles. The first-order valence-corrected chi connectivity index (χ1v) is 5.01. The maximum absolute atomic E-state index is 10.9. The van der Waals surface area contributed by atoms with Gasteiger partial charge in [-0.25, -0.2) is 0 Å². The van der Waals surface area contributed by atoms with E-state index in [-0.39, 0.29) is 5.92 Å². The molecule has 2 unspecified atom stereocenters. The van der Waals surface area contributed by atoms with Crippen LogP contribution in [0.25, 0.3) is 0 Å². The van der Waals surface area contributed by atoms with Gasteiger partial charge in [0.05, 0.1) is 11.5 Å². The Balaban J connectivity index is 2.77. The number of rotatable bonds is 5. The molecule has 0 spiro atoms. The van der Waals surface area contributed by atoms with E-state index in [0.717, 1.165) is 12.8 Å². The Morgan fingerprint density at radius 1 is 1.54 bits per heavy atom. The molecule has 0 aromatic rings. The Morgan fingerprint density at radius 2 is 2.08 bits per heavy atom. The number of hydrogen-bond donors (Lipinski definition) is 2. The normalized spacial score (nSPS) is 23.6. The van der Waals surface area contributed by atoms with Crippen LogP contribution >= 0.6 is 0 Å². The molecule has 1 aliphatic carbocycles. The van der Waals surface area contributed by atoms with Crippen LogP contribution in [-0.2, 0) is 4.79 Å². The zero-order chi connectivity index (χ0) is 10.1. The number of carbonyl (C=O) groups is 1. The Bertz CT molecular complexity index is 198. The lowest BCUT2D eigenvalue weighted by Crippen LogP contribution is -2.43. The minimum Gasteiger partial charge on any atom is -0.481 e. The number of carboxylic acids is 1. The third-order valence-corrected chi connectivity index (χ3v) is 3.16. The summed E-state index contributed by atoms with van der Waals surface area (Å²) in [5, 5.41) is 19.2. The quantitative estimate of drug-likeness (QED) is 0.686. The highest BCUT2D eigenvalue weighted by molar-refractivity contribution is 5.71. The van der Waals surface area contributed by atoms with Gasteiger partial charge in [0.2, 0.25) is 0 Å². The van der Waals surface area contributed by atoms with Crippen molar-refractivity contribution in [3.8, 4) is 0 Å². The summed E-state index contributed by atoms with van der Waals surface area (Å²) in [6.45, 7) is 3.69. The lowest BCUT2D eigenvalue weighted by molar-refractivity contribution is -0.154. The van der Waals surface area contributed by atoms with Crippen molar-refractivity contribution in [1.29, 1.82) is 0 Å². The highest BCUT2D eigenvalue weighted by Crippen LogP contribution is 2.46. The lowest BCUT2D eigenvalue weighted by atomic mass is 9.79. The summed E-state index contributed by atoms with van der Waals surface area (Å²) in [4.78, 5) is 10.9. The van der Waals surface area contributed by atoms with Crippen LogP contribution in [0, 0.1) is 11.8 Å². The lowest BCUT2D eigenvalue weighted by Gasteiger charge is -2.32. The zero-order valence-corrected chi connectivity index (χ0v) is 8.29. The van der Waals surface area contributed by atoms with Gasteiger partial charge in [-0.3, -0.25) is 4.79 Å². The van der Waals surface area contributed by atoms with E-state index >= 15 is 0 Å². The van der Waals surface area contributed by atoms with Gasteiger partial charge in [-0.1, -0.05) is 13.8 Å². The van der Waals surface area contributed by atoms with Crippen LogP contribution in [-0.4, -0.2) is 21.8 Å². The molecular weight excluding hydrogens is 168 g/mol. The number of aliphatic carboxylic acids is 1. The predicted octanol–water partition coefficient (Wildman–Crippen LogP) is 1.65. The molecule has 0 bridgehead atoms. The van der Waals surface area contributed by atoms with E-state index < -0.39 is 17.5 Å². The van der Waals surface area contributed by atoms with Crippen LogP contribution < -0.4 is 0 Å². The maximum Gasteiger partial charge on any atom is 0.309 e. The average Bonchev–Trinajstić information content (AvgIpc) is 2.86. The van der Waals surface area contributed by atoms with Gasteiger partial charge in [-0.2, -0.15) is 0 Å². The van der Waals surface area contributed by atoms with E-state index in [9.17, 15) is 9.90 Å². The fourth-order valence-electron chi connectivity index (χ4n) is 2.14. The first-order chi connectivity index (χ1) is 6.06. The van der Waals surface area contributed by atoms with Crippen molar-refractivity contribution in [3.05, 3.63) is 0 Å². The van der Waals surface area contributed by atoms with E-state index in [4.69, 9.17) is 5.11 Å². The first-order valence-electron chi connectivity index (χ1n) is 5.01. The van der Waals surface area contributed by atoms with Gasteiger partial charge < -0.3 is 10.2 Å². The Labute approximate surface area is 78.8 Å². The Kier molecular flexibility index (Phi) is 2.96. The number of carboxylic acid groups (broad SMARTS) is 1. The molecule has 0 amide bonds. The Hall–Kier alpha value is -0.570. The standard InChI is InChI=1S/C10H18O3/c1-3-8(9(11)12)10(13,4-2)7-5-6-7/h7-8,13H,3-6H2,1-2H3,(H,11,12). The second-order valence-electron chi connectivity index (χ2n) is 3.92. The SMILES string of the molecule is CCC(C(=O)O)C(O)(CC)C1CC1. The monoisotopic (exact) mass is 186 g/mol. The molecule has 2 N–H and O–H groups in total. The smallest absolute Gasteiger partial charge is 0.309 e.